The molecule has 3 N–H and O–H groups in total. The molecule has 0 aliphatic carbocycles. The first-order valence-corrected chi connectivity index (χ1v) is 7.26. The van der Waals surface area contributed by atoms with Crippen LogP contribution in [0.25, 0.3) is 0 Å². The van der Waals surface area contributed by atoms with Gasteiger partial charge in [0.25, 0.3) is 0 Å². The van der Waals surface area contributed by atoms with Crippen molar-refractivity contribution in [2.75, 3.05) is 26.0 Å². The molecular weight excluding hydrogens is 266 g/mol. The third-order valence-electron chi connectivity index (χ3n) is 2.70. The van der Waals surface area contributed by atoms with Gasteiger partial charge in [0.2, 0.25) is 15.9 Å². The molecule has 1 aromatic carbocycles. The second-order valence-corrected chi connectivity index (χ2v) is 6.59. The van der Waals surface area contributed by atoms with Gasteiger partial charge in [-0.25, -0.2) is 12.7 Å². The van der Waals surface area contributed by atoms with E-state index in [0.29, 0.717) is 5.69 Å². The van der Waals surface area contributed by atoms with Crippen LogP contribution in [0.15, 0.2) is 29.2 Å². The minimum atomic E-state index is -3.44. The molecule has 7 heteroatoms. The van der Waals surface area contributed by atoms with Gasteiger partial charge >= 0.3 is 0 Å². The van der Waals surface area contributed by atoms with E-state index in [2.05, 4.69) is 5.32 Å². The van der Waals surface area contributed by atoms with E-state index in [4.69, 9.17) is 5.73 Å². The summed E-state index contributed by atoms with van der Waals surface area (Å²) in [5.74, 6) is -0.476. The topological polar surface area (TPSA) is 92.5 Å². The van der Waals surface area contributed by atoms with Crippen LogP contribution >= 0.6 is 0 Å². The number of carbonyl (C=O) groups excluding carboxylic acids is 1. The Bertz CT molecular complexity index is 538. The van der Waals surface area contributed by atoms with Gasteiger partial charge in [0, 0.05) is 32.2 Å². The Kier molecular flexibility index (Phi) is 5.04. The molecule has 0 heterocycles. The van der Waals surface area contributed by atoms with Crippen molar-refractivity contribution in [1.82, 2.24) is 4.31 Å². The van der Waals surface area contributed by atoms with Crippen LogP contribution in [0.3, 0.4) is 0 Å². The standard InChI is InChI=1S/C12H19N3O3S/c1-9(8-13)12(16)14-10-4-6-11(7-5-10)19(17,18)15(2)3/h4-7,9H,8,13H2,1-3H3,(H,14,16). The molecule has 0 bridgehead atoms. The smallest absolute Gasteiger partial charge is 0.242 e. The fraction of sp³-hybridized carbons (Fsp3) is 0.417. The third kappa shape index (κ3) is 3.76. The number of nitrogens with two attached hydrogens (primary N) is 1. The fourth-order valence-corrected chi connectivity index (χ4v) is 2.20. The number of anilines is 1. The zero-order valence-corrected chi connectivity index (χ0v) is 12.1. The Balaban J connectivity index is 2.86. The van der Waals surface area contributed by atoms with Crippen molar-refractivity contribution in [2.45, 2.75) is 11.8 Å². The van der Waals surface area contributed by atoms with Crippen LogP contribution in [-0.4, -0.2) is 39.3 Å². The summed E-state index contributed by atoms with van der Waals surface area (Å²) in [7, 11) is -0.510. The predicted octanol–water partition coefficient (Wildman–Crippen LogP) is 0.470. The molecule has 0 aliphatic rings. The molecule has 1 unspecified atom stereocenters. The van der Waals surface area contributed by atoms with E-state index in [1.807, 2.05) is 0 Å². The highest BCUT2D eigenvalue weighted by atomic mass is 32.2. The van der Waals surface area contributed by atoms with Crippen LogP contribution in [0.5, 0.6) is 0 Å². The highest BCUT2D eigenvalue weighted by Crippen LogP contribution is 2.16. The summed E-state index contributed by atoms with van der Waals surface area (Å²) in [6.07, 6.45) is 0. The molecule has 1 atom stereocenters. The van der Waals surface area contributed by atoms with E-state index in [1.165, 1.54) is 26.2 Å². The third-order valence-corrected chi connectivity index (χ3v) is 4.53. The molecular formula is C12H19N3O3S. The second-order valence-electron chi connectivity index (χ2n) is 4.44. The molecule has 1 rings (SSSR count). The molecule has 106 valence electrons. The van der Waals surface area contributed by atoms with Crippen molar-refractivity contribution in [3.05, 3.63) is 24.3 Å². The monoisotopic (exact) mass is 285 g/mol. The van der Waals surface area contributed by atoms with Gasteiger partial charge in [0.1, 0.15) is 0 Å². The van der Waals surface area contributed by atoms with E-state index in [0.717, 1.165) is 4.31 Å². The van der Waals surface area contributed by atoms with Crippen molar-refractivity contribution >= 4 is 21.6 Å². The number of hydrogen-bond acceptors (Lipinski definition) is 4. The van der Waals surface area contributed by atoms with Crippen LogP contribution in [0.2, 0.25) is 0 Å². The molecule has 1 amide bonds. The minimum Gasteiger partial charge on any atom is -0.330 e. The molecule has 0 aromatic heterocycles. The molecule has 0 spiro atoms. The van der Waals surface area contributed by atoms with E-state index in [1.54, 1.807) is 19.1 Å². The first-order chi connectivity index (χ1) is 8.78. The van der Waals surface area contributed by atoms with Crippen molar-refractivity contribution in [1.29, 1.82) is 0 Å². The van der Waals surface area contributed by atoms with Gasteiger partial charge in [-0.05, 0) is 24.3 Å². The molecule has 6 nitrogen and oxygen atoms in total. The fourth-order valence-electron chi connectivity index (χ4n) is 1.29. The lowest BCUT2D eigenvalue weighted by atomic mass is 10.1. The Morgan fingerprint density at radius 3 is 2.26 bits per heavy atom. The summed E-state index contributed by atoms with van der Waals surface area (Å²) in [5.41, 5.74) is 5.94. The van der Waals surface area contributed by atoms with Gasteiger partial charge in [-0.2, -0.15) is 0 Å². The Labute approximate surface area is 113 Å². The second kappa shape index (κ2) is 6.14. The number of nitrogens with zero attached hydrogens (tertiary/aromatic N) is 1. The summed E-state index contributed by atoms with van der Waals surface area (Å²) in [4.78, 5) is 11.8. The average Bonchev–Trinajstić information content (AvgIpc) is 2.38. The van der Waals surface area contributed by atoms with Crippen LogP contribution in [-0.2, 0) is 14.8 Å². The van der Waals surface area contributed by atoms with Gasteiger partial charge in [-0.3, -0.25) is 4.79 Å². The molecule has 0 saturated heterocycles. The average molecular weight is 285 g/mol. The Morgan fingerprint density at radius 1 is 1.32 bits per heavy atom. The maximum atomic E-state index is 11.8. The maximum Gasteiger partial charge on any atom is 0.242 e. The van der Waals surface area contributed by atoms with Gasteiger partial charge in [0.05, 0.1) is 4.90 Å². The summed E-state index contributed by atoms with van der Waals surface area (Å²) < 4.78 is 24.8. The summed E-state index contributed by atoms with van der Waals surface area (Å²) >= 11 is 0. The molecule has 0 saturated carbocycles. The number of amides is 1. The Morgan fingerprint density at radius 2 is 1.84 bits per heavy atom. The number of benzene rings is 1. The van der Waals surface area contributed by atoms with E-state index in [9.17, 15) is 13.2 Å². The lowest BCUT2D eigenvalue weighted by Crippen LogP contribution is -2.26. The first kappa shape index (κ1) is 15.6. The van der Waals surface area contributed by atoms with Gasteiger partial charge in [0.15, 0.2) is 0 Å². The number of hydrogen-bond donors (Lipinski definition) is 2. The lowest BCUT2D eigenvalue weighted by molar-refractivity contribution is -0.119. The predicted molar refractivity (Wildman–Crippen MR) is 74.2 cm³/mol. The van der Waals surface area contributed by atoms with Crippen molar-refractivity contribution < 1.29 is 13.2 Å². The van der Waals surface area contributed by atoms with Crippen LogP contribution in [0, 0.1) is 5.92 Å². The number of rotatable bonds is 5. The molecule has 0 aliphatic heterocycles. The largest absolute Gasteiger partial charge is 0.330 e. The van der Waals surface area contributed by atoms with Gasteiger partial charge in [-0.1, -0.05) is 6.92 Å². The minimum absolute atomic E-state index is 0.183. The number of sulfonamides is 1. The van der Waals surface area contributed by atoms with E-state index in [-0.39, 0.29) is 23.3 Å². The van der Waals surface area contributed by atoms with Crippen molar-refractivity contribution in [2.24, 2.45) is 11.7 Å². The van der Waals surface area contributed by atoms with E-state index >= 15 is 0 Å². The summed E-state index contributed by atoms with van der Waals surface area (Å²) in [5, 5.41) is 2.67. The maximum absolute atomic E-state index is 11.8. The SMILES string of the molecule is CC(CN)C(=O)Nc1ccc(S(=O)(=O)N(C)C)cc1. The molecule has 1 aromatic rings. The molecule has 0 fully saturated rings. The van der Waals surface area contributed by atoms with Crippen LogP contribution in [0.1, 0.15) is 6.92 Å². The van der Waals surface area contributed by atoms with Crippen molar-refractivity contribution in [3.63, 3.8) is 0 Å². The normalized spacial score (nSPS) is 13.3. The molecule has 19 heavy (non-hydrogen) atoms. The van der Waals surface area contributed by atoms with Crippen LogP contribution in [0.4, 0.5) is 5.69 Å². The molecule has 0 radical (unpaired) electrons. The quantitative estimate of drug-likeness (QED) is 0.822. The number of nitrogens with one attached hydrogen (secondary N) is 1. The van der Waals surface area contributed by atoms with Gasteiger partial charge in [-0.15, -0.1) is 0 Å². The van der Waals surface area contributed by atoms with Crippen molar-refractivity contribution in [3.8, 4) is 0 Å². The lowest BCUT2D eigenvalue weighted by Gasteiger charge is -2.13. The van der Waals surface area contributed by atoms with Crippen LogP contribution < -0.4 is 11.1 Å². The summed E-state index contributed by atoms with van der Waals surface area (Å²) in [6, 6.07) is 6.02. The highest BCUT2D eigenvalue weighted by Gasteiger charge is 2.17. The van der Waals surface area contributed by atoms with E-state index < -0.39 is 10.0 Å². The highest BCUT2D eigenvalue weighted by molar-refractivity contribution is 7.89. The summed E-state index contributed by atoms with van der Waals surface area (Å²) in [6.45, 7) is 1.99. The number of carbonyl (C=O) groups is 1. The zero-order chi connectivity index (χ0) is 14.6. The Hall–Kier alpha value is -1.44. The first-order valence-electron chi connectivity index (χ1n) is 5.82. The zero-order valence-electron chi connectivity index (χ0n) is 11.3. The van der Waals surface area contributed by atoms with Gasteiger partial charge < -0.3 is 11.1 Å².